The van der Waals surface area contributed by atoms with Crippen LogP contribution in [-0.2, 0) is 9.59 Å². The maximum absolute atomic E-state index is 12.2. The number of ketones is 1. The van der Waals surface area contributed by atoms with E-state index in [4.69, 9.17) is 5.11 Å². The van der Waals surface area contributed by atoms with E-state index in [9.17, 15) is 14.7 Å². The van der Waals surface area contributed by atoms with Crippen LogP contribution in [0.2, 0.25) is 0 Å². The molecule has 0 saturated heterocycles. The zero-order valence-electron chi connectivity index (χ0n) is 16.2. The number of allylic oxidation sites excluding steroid dienone is 3. The molecule has 144 valence electrons. The maximum Gasteiger partial charge on any atom is 0.303 e. The van der Waals surface area contributed by atoms with Crippen LogP contribution in [0.5, 0.6) is 0 Å². The first-order valence-electron chi connectivity index (χ1n) is 9.43. The SMILES string of the molecule is CC#CCC(C)(C)[C@H](O)/C=C/[C@H]1CCC(=O)[C@@H]1C/C=C\CCCC(=O)O. The van der Waals surface area contributed by atoms with Gasteiger partial charge >= 0.3 is 5.97 Å². The van der Waals surface area contributed by atoms with Gasteiger partial charge in [0, 0.05) is 30.6 Å². The van der Waals surface area contributed by atoms with Crippen LogP contribution in [-0.4, -0.2) is 28.1 Å². The van der Waals surface area contributed by atoms with E-state index in [2.05, 4.69) is 11.8 Å². The fourth-order valence-electron chi connectivity index (χ4n) is 3.13. The summed E-state index contributed by atoms with van der Waals surface area (Å²) in [5, 5.41) is 19.0. The molecule has 0 heterocycles. The average molecular weight is 360 g/mol. The van der Waals surface area contributed by atoms with Crippen molar-refractivity contribution in [3.63, 3.8) is 0 Å². The molecule has 1 aliphatic rings. The van der Waals surface area contributed by atoms with Crippen LogP contribution in [0, 0.1) is 29.1 Å². The molecule has 26 heavy (non-hydrogen) atoms. The van der Waals surface area contributed by atoms with Crippen LogP contribution in [0.4, 0.5) is 0 Å². The highest BCUT2D eigenvalue weighted by Crippen LogP contribution is 2.34. The molecule has 1 rings (SSSR count). The van der Waals surface area contributed by atoms with Crippen molar-refractivity contribution in [1.82, 2.24) is 0 Å². The van der Waals surface area contributed by atoms with Gasteiger partial charge in [-0.1, -0.05) is 38.2 Å². The van der Waals surface area contributed by atoms with Crippen molar-refractivity contribution in [3.8, 4) is 11.8 Å². The summed E-state index contributed by atoms with van der Waals surface area (Å²) in [4.78, 5) is 22.6. The molecular formula is C22H32O4. The first-order valence-corrected chi connectivity index (χ1v) is 9.43. The molecule has 1 saturated carbocycles. The first-order chi connectivity index (χ1) is 12.3. The number of aliphatic hydroxyl groups excluding tert-OH is 1. The van der Waals surface area contributed by atoms with Gasteiger partial charge in [0.25, 0.3) is 0 Å². The predicted molar refractivity (Wildman–Crippen MR) is 103 cm³/mol. The van der Waals surface area contributed by atoms with Crippen molar-refractivity contribution in [2.75, 3.05) is 0 Å². The lowest BCUT2D eigenvalue weighted by Crippen LogP contribution is -2.27. The third kappa shape index (κ3) is 7.58. The van der Waals surface area contributed by atoms with Crippen molar-refractivity contribution >= 4 is 11.8 Å². The minimum atomic E-state index is -0.777. The fourth-order valence-corrected chi connectivity index (χ4v) is 3.13. The van der Waals surface area contributed by atoms with Crippen LogP contribution < -0.4 is 0 Å². The number of carboxylic acid groups (broad SMARTS) is 1. The number of rotatable bonds is 10. The summed E-state index contributed by atoms with van der Waals surface area (Å²) in [5.41, 5.74) is -0.318. The van der Waals surface area contributed by atoms with Crippen LogP contribution in [0.15, 0.2) is 24.3 Å². The fraction of sp³-hybridized carbons (Fsp3) is 0.636. The molecule has 0 unspecified atom stereocenters. The summed E-state index contributed by atoms with van der Waals surface area (Å²) < 4.78 is 0. The Bertz CT molecular complexity index is 589. The number of carbonyl (C=O) groups is 2. The van der Waals surface area contributed by atoms with E-state index < -0.39 is 12.1 Å². The summed E-state index contributed by atoms with van der Waals surface area (Å²) in [6.45, 7) is 5.77. The third-order valence-electron chi connectivity index (χ3n) is 5.03. The standard InChI is InChI=1S/C22H32O4/c1-4-5-16-22(2,3)20(24)15-13-17-12-14-19(23)18(17)10-8-6-7-9-11-21(25)26/h6,8,13,15,17-18,20,24H,7,9-12,14,16H2,1-3H3,(H,25,26)/b8-6-,15-13+/t17-,18-,20-/m1/s1. The molecule has 0 aromatic heterocycles. The molecule has 0 spiro atoms. The molecule has 0 bridgehead atoms. The molecule has 2 N–H and O–H groups in total. The van der Waals surface area contributed by atoms with E-state index in [1.54, 1.807) is 6.92 Å². The van der Waals surface area contributed by atoms with E-state index in [1.807, 2.05) is 38.2 Å². The van der Waals surface area contributed by atoms with Crippen LogP contribution in [0.3, 0.4) is 0 Å². The molecule has 0 aliphatic heterocycles. The van der Waals surface area contributed by atoms with Gasteiger partial charge in [-0.2, -0.15) is 0 Å². The zero-order chi connectivity index (χ0) is 19.6. The lowest BCUT2D eigenvalue weighted by Gasteiger charge is -2.26. The third-order valence-corrected chi connectivity index (χ3v) is 5.03. The summed E-state index contributed by atoms with van der Waals surface area (Å²) in [5.74, 6) is 5.51. The van der Waals surface area contributed by atoms with Crippen molar-refractivity contribution in [2.45, 2.75) is 71.8 Å². The second kappa shape index (κ2) is 11.0. The molecular weight excluding hydrogens is 328 g/mol. The van der Waals surface area contributed by atoms with Gasteiger partial charge in [-0.05, 0) is 38.5 Å². The molecule has 4 nitrogen and oxygen atoms in total. The number of unbranched alkanes of at least 4 members (excludes halogenated alkanes) is 1. The number of hydrogen-bond donors (Lipinski definition) is 2. The average Bonchev–Trinajstić information content (AvgIpc) is 2.93. The lowest BCUT2D eigenvalue weighted by atomic mass is 9.82. The Kier molecular flexibility index (Phi) is 9.37. The smallest absolute Gasteiger partial charge is 0.303 e. The maximum atomic E-state index is 12.2. The van der Waals surface area contributed by atoms with Gasteiger partial charge in [0.05, 0.1) is 6.10 Å². The number of aliphatic carboxylic acids is 1. The molecule has 1 aliphatic carbocycles. The van der Waals surface area contributed by atoms with E-state index in [-0.39, 0.29) is 29.5 Å². The zero-order valence-corrected chi connectivity index (χ0v) is 16.2. The topological polar surface area (TPSA) is 74.6 Å². The first kappa shape index (κ1) is 22.2. The number of carboxylic acids is 1. The molecule has 3 atom stereocenters. The Hall–Kier alpha value is -1.86. The summed E-state index contributed by atoms with van der Waals surface area (Å²) >= 11 is 0. The van der Waals surface area contributed by atoms with E-state index >= 15 is 0 Å². The summed E-state index contributed by atoms with van der Waals surface area (Å²) in [7, 11) is 0. The lowest BCUT2D eigenvalue weighted by molar-refractivity contribution is -0.137. The number of carbonyl (C=O) groups excluding carboxylic acids is 1. The monoisotopic (exact) mass is 360 g/mol. The van der Waals surface area contributed by atoms with Gasteiger partial charge in [-0.25, -0.2) is 0 Å². The Labute approximate surface area is 157 Å². The quantitative estimate of drug-likeness (QED) is 0.349. The Morgan fingerprint density at radius 3 is 2.77 bits per heavy atom. The van der Waals surface area contributed by atoms with Crippen molar-refractivity contribution < 1.29 is 19.8 Å². The van der Waals surface area contributed by atoms with Crippen LogP contribution in [0.1, 0.15) is 65.7 Å². The molecule has 0 aromatic carbocycles. The van der Waals surface area contributed by atoms with Crippen molar-refractivity contribution in [1.29, 1.82) is 0 Å². The van der Waals surface area contributed by atoms with Gasteiger partial charge in [0.2, 0.25) is 0 Å². The number of aliphatic hydroxyl groups is 1. The van der Waals surface area contributed by atoms with E-state index in [0.29, 0.717) is 25.7 Å². The van der Waals surface area contributed by atoms with Crippen LogP contribution >= 0.6 is 0 Å². The highest BCUT2D eigenvalue weighted by molar-refractivity contribution is 5.83. The normalized spacial score (nSPS) is 21.9. The van der Waals surface area contributed by atoms with Gasteiger partial charge in [-0.15, -0.1) is 11.8 Å². The van der Waals surface area contributed by atoms with Gasteiger partial charge < -0.3 is 10.2 Å². The van der Waals surface area contributed by atoms with E-state index in [1.165, 1.54) is 0 Å². The highest BCUT2D eigenvalue weighted by Gasteiger charge is 2.32. The van der Waals surface area contributed by atoms with Crippen molar-refractivity contribution in [2.24, 2.45) is 17.3 Å². The molecule has 1 fully saturated rings. The Morgan fingerprint density at radius 2 is 2.12 bits per heavy atom. The van der Waals surface area contributed by atoms with Crippen LogP contribution in [0.25, 0.3) is 0 Å². The minimum absolute atomic E-state index is 0.0345. The second-order valence-corrected chi connectivity index (χ2v) is 7.69. The van der Waals surface area contributed by atoms with Gasteiger partial charge in [-0.3, -0.25) is 9.59 Å². The molecule has 4 heteroatoms. The van der Waals surface area contributed by atoms with Gasteiger partial charge in [0.15, 0.2) is 0 Å². The molecule has 0 aromatic rings. The molecule has 0 radical (unpaired) electrons. The number of Topliss-reactive ketones (excluding diaryl/α,β-unsaturated/α-hetero) is 1. The van der Waals surface area contributed by atoms with Gasteiger partial charge in [0.1, 0.15) is 5.78 Å². The minimum Gasteiger partial charge on any atom is -0.481 e. The Balaban J connectivity index is 2.56. The second-order valence-electron chi connectivity index (χ2n) is 7.69. The Morgan fingerprint density at radius 1 is 1.38 bits per heavy atom. The van der Waals surface area contributed by atoms with Crippen molar-refractivity contribution in [3.05, 3.63) is 24.3 Å². The largest absolute Gasteiger partial charge is 0.481 e. The predicted octanol–water partition coefficient (Wildman–Crippen LogP) is 4.14. The highest BCUT2D eigenvalue weighted by atomic mass is 16.4. The number of hydrogen-bond acceptors (Lipinski definition) is 3. The summed E-state index contributed by atoms with van der Waals surface area (Å²) in [6, 6.07) is 0. The van der Waals surface area contributed by atoms with E-state index in [0.717, 1.165) is 12.8 Å². The molecule has 0 amide bonds. The summed E-state index contributed by atoms with van der Waals surface area (Å²) in [6.07, 6.45) is 11.4.